The van der Waals surface area contributed by atoms with Gasteiger partial charge in [-0.3, -0.25) is 4.79 Å². The van der Waals surface area contributed by atoms with E-state index in [9.17, 15) is 13.2 Å². The summed E-state index contributed by atoms with van der Waals surface area (Å²) >= 11 is 0. The summed E-state index contributed by atoms with van der Waals surface area (Å²) in [4.78, 5) is 14.5. The van der Waals surface area contributed by atoms with E-state index in [4.69, 9.17) is 10.7 Å². The summed E-state index contributed by atoms with van der Waals surface area (Å²) < 4.78 is 23.1. The van der Waals surface area contributed by atoms with Gasteiger partial charge in [0, 0.05) is 29.3 Å². The lowest BCUT2D eigenvalue weighted by molar-refractivity contribution is 0.0760. The molecule has 1 aliphatic heterocycles. The van der Waals surface area contributed by atoms with Gasteiger partial charge >= 0.3 is 0 Å². The van der Waals surface area contributed by atoms with Crippen molar-refractivity contribution in [3.8, 4) is 0 Å². The SMILES string of the molecule is Cc1cc(S(=O)(=O)Cl)cc(C(=O)N2CCCCCC2)c1C. The normalized spacial score (nSPS) is 16.6. The molecule has 1 aromatic rings. The zero-order chi connectivity index (χ0) is 15.6. The van der Waals surface area contributed by atoms with Gasteiger partial charge < -0.3 is 4.90 Å². The summed E-state index contributed by atoms with van der Waals surface area (Å²) in [5.74, 6) is -0.0975. The van der Waals surface area contributed by atoms with Crippen molar-refractivity contribution in [3.63, 3.8) is 0 Å². The first kappa shape index (κ1) is 16.3. The average Bonchev–Trinajstić information content (AvgIpc) is 2.68. The fourth-order valence-electron chi connectivity index (χ4n) is 2.63. The second-order valence-electron chi connectivity index (χ2n) is 5.56. The molecule has 0 spiro atoms. The smallest absolute Gasteiger partial charge is 0.261 e. The van der Waals surface area contributed by atoms with Gasteiger partial charge in [0.1, 0.15) is 0 Å². The van der Waals surface area contributed by atoms with Gasteiger partial charge in [0.05, 0.1) is 4.90 Å². The summed E-state index contributed by atoms with van der Waals surface area (Å²) in [6.07, 6.45) is 4.27. The molecule has 0 bridgehead atoms. The lowest BCUT2D eigenvalue weighted by atomic mass is 10.0. The third-order valence-electron chi connectivity index (χ3n) is 4.05. The van der Waals surface area contributed by atoms with E-state index in [1.807, 2.05) is 11.8 Å². The van der Waals surface area contributed by atoms with Gasteiger partial charge in [0.25, 0.3) is 15.0 Å². The third-order valence-corrected chi connectivity index (χ3v) is 5.38. The topological polar surface area (TPSA) is 54.5 Å². The number of benzene rings is 1. The second kappa shape index (κ2) is 6.36. The minimum atomic E-state index is -3.83. The van der Waals surface area contributed by atoms with Crippen LogP contribution in [0.5, 0.6) is 0 Å². The number of hydrogen-bond donors (Lipinski definition) is 0. The molecule has 2 rings (SSSR count). The molecular formula is C15H20ClNO3S. The molecule has 6 heteroatoms. The molecule has 0 aliphatic carbocycles. The molecule has 0 radical (unpaired) electrons. The average molecular weight is 330 g/mol. The molecule has 1 saturated heterocycles. The highest BCUT2D eigenvalue weighted by Gasteiger charge is 2.22. The maximum Gasteiger partial charge on any atom is 0.261 e. The van der Waals surface area contributed by atoms with E-state index in [2.05, 4.69) is 0 Å². The fraction of sp³-hybridized carbons (Fsp3) is 0.533. The number of amides is 1. The molecule has 21 heavy (non-hydrogen) atoms. The molecule has 0 unspecified atom stereocenters. The highest BCUT2D eigenvalue weighted by molar-refractivity contribution is 8.13. The zero-order valence-electron chi connectivity index (χ0n) is 12.4. The van der Waals surface area contributed by atoms with E-state index in [1.54, 1.807) is 6.92 Å². The summed E-state index contributed by atoms with van der Waals surface area (Å²) in [7, 11) is 1.58. The Bertz CT molecular complexity index is 647. The second-order valence-corrected chi connectivity index (χ2v) is 8.12. The van der Waals surface area contributed by atoms with E-state index in [-0.39, 0.29) is 10.8 Å². The summed E-state index contributed by atoms with van der Waals surface area (Å²) in [5, 5.41) is 0. The molecule has 0 N–H and O–H groups in total. The number of aryl methyl sites for hydroxylation is 1. The Hall–Kier alpha value is -1.07. The van der Waals surface area contributed by atoms with Crippen LogP contribution in [-0.4, -0.2) is 32.3 Å². The first-order valence-electron chi connectivity index (χ1n) is 7.16. The molecule has 1 aliphatic rings. The molecule has 1 aromatic carbocycles. The predicted molar refractivity (Wildman–Crippen MR) is 83.3 cm³/mol. The Morgan fingerprint density at radius 3 is 2.19 bits per heavy atom. The summed E-state index contributed by atoms with van der Waals surface area (Å²) in [6.45, 7) is 5.09. The zero-order valence-corrected chi connectivity index (χ0v) is 13.9. The highest BCUT2D eigenvalue weighted by Crippen LogP contribution is 2.24. The van der Waals surface area contributed by atoms with Crippen LogP contribution in [0.4, 0.5) is 0 Å². The van der Waals surface area contributed by atoms with E-state index in [0.717, 1.165) is 49.9 Å². The van der Waals surface area contributed by atoms with Crippen LogP contribution in [0.1, 0.15) is 47.2 Å². The molecule has 1 fully saturated rings. The lowest BCUT2D eigenvalue weighted by Crippen LogP contribution is -2.32. The van der Waals surface area contributed by atoms with Crippen molar-refractivity contribution < 1.29 is 13.2 Å². The number of hydrogen-bond acceptors (Lipinski definition) is 3. The van der Waals surface area contributed by atoms with Gasteiger partial charge in [0.2, 0.25) is 0 Å². The van der Waals surface area contributed by atoms with Gasteiger partial charge in [-0.25, -0.2) is 8.42 Å². The highest BCUT2D eigenvalue weighted by atomic mass is 35.7. The third kappa shape index (κ3) is 3.77. The van der Waals surface area contributed by atoms with Crippen LogP contribution in [0.15, 0.2) is 17.0 Å². The molecule has 1 heterocycles. The minimum Gasteiger partial charge on any atom is -0.339 e. The monoisotopic (exact) mass is 329 g/mol. The maximum absolute atomic E-state index is 12.7. The van der Waals surface area contributed by atoms with E-state index < -0.39 is 9.05 Å². The van der Waals surface area contributed by atoms with Gasteiger partial charge in [-0.2, -0.15) is 0 Å². The molecule has 0 saturated carbocycles. The van der Waals surface area contributed by atoms with Gasteiger partial charge in [-0.05, 0) is 49.9 Å². The van der Waals surface area contributed by atoms with Gasteiger partial charge in [-0.15, -0.1) is 0 Å². The van der Waals surface area contributed by atoms with Crippen LogP contribution in [0.3, 0.4) is 0 Å². The maximum atomic E-state index is 12.7. The predicted octanol–water partition coefficient (Wildman–Crippen LogP) is 3.25. The number of rotatable bonds is 2. The van der Waals surface area contributed by atoms with Crippen LogP contribution in [0.2, 0.25) is 0 Å². The van der Waals surface area contributed by atoms with Gasteiger partial charge in [0.15, 0.2) is 0 Å². The Labute approximate surface area is 130 Å². The Kier molecular flexibility index (Phi) is 4.94. The largest absolute Gasteiger partial charge is 0.339 e. The van der Waals surface area contributed by atoms with Gasteiger partial charge in [-0.1, -0.05) is 12.8 Å². The number of likely N-dealkylation sites (tertiary alicyclic amines) is 1. The number of halogens is 1. The Morgan fingerprint density at radius 1 is 1.10 bits per heavy atom. The van der Waals surface area contributed by atoms with E-state index in [1.165, 1.54) is 12.1 Å². The quantitative estimate of drug-likeness (QED) is 0.783. The number of carbonyl (C=O) groups excluding carboxylic acids is 1. The van der Waals surface area contributed by atoms with Crippen LogP contribution < -0.4 is 0 Å². The molecular weight excluding hydrogens is 310 g/mol. The molecule has 0 atom stereocenters. The van der Waals surface area contributed by atoms with E-state index >= 15 is 0 Å². The lowest BCUT2D eigenvalue weighted by Gasteiger charge is -2.22. The fourth-order valence-corrected chi connectivity index (χ4v) is 3.48. The number of carbonyl (C=O) groups is 1. The molecule has 4 nitrogen and oxygen atoms in total. The summed E-state index contributed by atoms with van der Waals surface area (Å²) in [5.41, 5.74) is 2.01. The number of nitrogens with zero attached hydrogens (tertiary/aromatic N) is 1. The first-order valence-corrected chi connectivity index (χ1v) is 9.47. The van der Waals surface area contributed by atoms with Crippen molar-refractivity contribution in [2.24, 2.45) is 0 Å². The molecule has 116 valence electrons. The van der Waals surface area contributed by atoms with Crippen LogP contribution >= 0.6 is 10.7 Å². The van der Waals surface area contributed by atoms with Crippen molar-refractivity contribution in [2.75, 3.05) is 13.1 Å². The van der Waals surface area contributed by atoms with Crippen LogP contribution in [0, 0.1) is 13.8 Å². The molecule has 0 aromatic heterocycles. The molecule has 1 amide bonds. The van der Waals surface area contributed by atoms with Crippen molar-refractivity contribution in [3.05, 3.63) is 28.8 Å². The van der Waals surface area contributed by atoms with E-state index in [0.29, 0.717) is 5.56 Å². The standard InChI is InChI=1S/C15H20ClNO3S/c1-11-9-13(21(16,19)20)10-14(12(11)2)15(18)17-7-5-3-4-6-8-17/h9-10H,3-8H2,1-2H3. The minimum absolute atomic E-state index is 0.00885. The Morgan fingerprint density at radius 2 is 1.67 bits per heavy atom. The first-order chi connectivity index (χ1) is 9.80. The van der Waals surface area contributed by atoms with Crippen molar-refractivity contribution in [1.82, 2.24) is 4.90 Å². The van der Waals surface area contributed by atoms with Crippen molar-refractivity contribution in [1.29, 1.82) is 0 Å². The van der Waals surface area contributed by atoms with Crippen molar-refractivity contribution >= 4 is 25.6 Å². The van der Waals surface area contributed by atoms with Crippen LogP contribution in [-0.2, 0) is 9.05 Å². The van der Waals surface area contributed by atoms with Crippen molar-refractivity contribution in [2.45, 2.75) is 44.4 Å². The Balaban J connectivity index is 2.42. The summed E-state index contributed by atoms with van der Waals surface area (Å²) in [6, 6.07) is 2.91. The van der Waals surface area contributed by atoms with Crippen LogP contribution in [0.25, 0.3) is 0 Å².